The molecule has 0 fully saturated rings. The van der Waals surface area contributed by atoms with Crippen molar-refractivity contribution in [3.05, 3.63) is 70.3 Å². The Morgan fingerprint density at radius 1 is 1.23 bits per heavy atom. The zero-order valence-corrected chi connectivity index (χ0v) is 13.0. The molecule has 2 aromatic carbocycles. The lowest BCUT2D eigenvalue weighted by Crippen LogP contribution is -2.39. The van der Waals surface area contributed by atoms with Gasteiger partial charge in [0.1, 0.15) is 5.60 Å². The molecule has 0 aromatic heterocycles. The second-order valence-electron chi connectivity index (χ2n) is 6.19. The first-order valence-corrected chi connectivity index (χ1v) is 7.66. The molecule has 3 nitrogen and oxygen atoms in total. The zero-order valence-electron chi connectivity index (χ0n) is 13.0. The van der Waals surface area contributed by atoms with Crippen molar-refractivity contribution in [3.63, 3.8) is 0 Å². The van der Waals surface area contributed by atoms with Crippen LogP contribution in [0.5, 0.6) is 0 Å². The molecule has 22 heavy (non-hydrogen) atoms. The van der Waals surface area contributed by atoms with E-state index in [1.807, 2.05) is 56.3 Å². The third kappa shape index (κ3) is 2.64. The minimum absolute atomic E-state index is 0.129. The highest BCUT2D eigenvalue weighted by Gasteiger charge is 2.36. The van der Waals surface area contributed by atoms with Crippen LogP contribution in [0.25, 0.3) is 0 Å². The van der Waals surface area contributed by atoms with Gasteiger partial charge in [-0.25, -0.2) is 0 Å². The van der Waals surface area contributed by atoms with Crippen LogP contribution in [0.4, 0.5) is 0 Å². The molecule has 3 rings (SSSR count). The number of aryl methyl sites for hydroxylation is 3. The first-order valence-electron chi connectivity index (χ1n) is 7.66. The molecule has 0 heterocycles. The summed E-state index contributed by atoms with van der Waals surface area (Å²) in [5.74, 6) is -0.129. The summed E-state index contributed by atoms with van der Waals surface area (Å²) in [6, 6.07) is 13.7. The summed E-state index contributed by atoms with van der Waals surface area (Å²) >= 11 is 0. The second kappa shape index (κ2) is 5.58. The van der Waals surface area contributed by atoms with E-state index in [9.17, 15) is 9.90 Å². The molecule has 0 spiro atoms. The number of nitrogens with one attached hydrogen (secondary N) is 1. The average Bonchev–Trinajstić information content (AvgIpc) is 2.83. The number of carbonyl (C=O) groups is 1. The quantitative estimate of drug-likeness (QED) is 0.915. The normalized spacial score (nSPS) is 19.8. The third-order valence-corrected chi connectivity index (χ3v) is 4.49. The molecule has 0 radical (unpaired) electrons. The molecule has 0 saturated carbocycles. The van der Waals surface area contributed by atoms with Crippen LogP contribution in [0.1, 0.15) is 39.0 Å². The summed E-state index contributed by atoms with van der Waals surface area (Å²) in [5, 5.41) is 13.7. The van der Waals surface area contributed by atoms with Gasteiger partial charge in [-0.15, -0.1) is 0 Å². The van der Waals surface area contributed by atoms with E-state index in [1.165, 1.54) is 5.56 Å². The van der Waals surface area contributed by atoms with Gasteiger partial charge in [-0.05, 0) is 49.4 Å². The maximum absolute atomic E-state index is 12.4. The Morgan fingerprint density at radius 2 is 2.00 bits per heavy atom. The van der Waals surface area contributed by atoms with Crippen LogP contribution in [0.3, 0.4) is 0 Å². The second-order valence-corrected chi connectivity index (χ2v) is 6.19. The molecule has 0 aliphatic heterocycles. The summed E-state index contributed by atoms with van der Waals surface area (Å²) in [5.41, 5.74) is 3.92. The largest absolute Gasteiger partial charge is 0.383 e. The van der Waals surface area contributed by atoms with E-state index >= 15 is 0 Å². The van der Waals surface area contributed by atoms with Gasteiger partial charge in [-0.2, -0.15) is 0 Å². The number of fused-ring (bicyclic) bond motifs is 1. The van der Waals surface area contributed by atoms with Crippen LogP contribution >= 0.6 is 0 Å². The molecule has 3 heteroatoms. The summed E-state index contributed by atoms with van der Waals surface area (Å²) < 4.78 is 0. The van der Waals surface area contributed by atoms with Gasteiger partial charge in [0.15, 0.2) is 0 Å². The van der Waals surface area contributed by atoms with Crippen LogP contribution in [0, 0.1) is 13.8 Å². The van der Waals surface area contributed by atoms with Crippen molar-refractivity contribution in [1.29, 1.82) is 0 Å². The van der Waals surface area contributed by atoms with E-state index in [1.54, 1.807) is 0 Å². The smallest absolute Gasteiger partial charge is 0.251 e. The molecular weight excluding hydrogens is 274 g/mol. The Balaban J connectivity index is 1.74. The first kappa shape index (κ1) is 14.8. The van der Waals surface area contributed by atoms with Gasteiger partial charge in [0, 0.05) is 5.56 Å². The van der Waals surface area contributed by atoms with Crippen molar-refractivity contribution in [2.75, 3.05) is 6.54 Å². The summed E-state index contributed by atoms with van der Waals surface area (Å²) in [4.78, 5) is 12.4. The lowest BCUT2D eigenvalue weighted by atomic mass is 9.95. The van der Waals surface area contributed by atoms with Gasteiger partial charge in [0.2, 0.25) is 0 Å². The molecule has 1 unspecified atom stereocenters. The van der Waals surface area contributed by atoms with Crippen molar-refractivity contribution in [2.45, 2.75) is 32.3 Å². The van der Waals surface area contributed by atoms with E-state index < -0.39 is 5.60 Å². The number of hydrogen-bond donors (Lipinski definition) is 2. The molecule has 1 aliphatic rings. The van der Waals surface area contributed by atoms with Gasteiger partial charge < -0.3 is 10.4 Å². The standard InChI is InChI=1S/C19H21NO2/c1-13-7-8-16(14(2)11-13)18(21)20-12-19(22)10-9-15-5-3-4-6-17(15)19/h3-8,11,22H,9-10,12H2,1-2H3,(H,20,21). The highest BCUT2D eigenvalue weighted by molar-refractivity contribution is 5.95. The van der Waals surface area contributed by atoms with Gasteiger partial charge in [0.25, 0.3) is 5.91 Å². The molecule has 1 aliphatic carbocycles. The van der Waals surface area contributed by atoms with Gasteiger partial charge in [-0.1, -0.05) is 42.0 Å². The Kier molecular flexibility index (Phi) is 3.75. The Labute approximate surface area is 131 Å². The maximum atomic E-state index is 12.4. The Morgan fingerprint density at radius 3 is 2.77 bits per heavy atom. The van der Waals surface area contributed by atoms with Crippen molar-refractivity contribution in [3.8, 4) is 0 Å². The lowest BCUT2D eigenvalue weighted by Gasteiger charge is -2.24. The van der Waals surface area contributed by atoms with E-state index in [0.717, 1.165) is 23.1 Å². The SMILES string of the molecule is Cc1ccc(C(=O)NCC2(O)CCc3ccccc32)c(C)c1. The number of amides is 1. The topological polar surface area (TPSA) is 49.3 Å². The molecule has 0 saturated heterocycles. The fraction of sp³-hybridized carbons (Fsp3) is 0.316. The number of benzene rings is 2. The van der Waals surface area contributed by atoms with Crippen LogP contribution in [0.2, 0.25) is 0 Å². The number of rotatable bonds is 3. The van der Waals surface area contributed by atoms with Gasteiger partial charge in [-0.3, -0.25) is 4.79 Å². The minimum atomic E-state index is -0.954. The summed E-state index contributed by atoms with van der Waals surface area (Å²) in [6.07, 6.45) is 1.51. The molecular formula is C19H21NO2. The van der Waals surface area contributed by atoms with Crippen molar-refractivity contribution in [1.82, 2.24) is 5.32 Å². The highest BCUT2D eigenvalue weighted by Crippen LogP contribution is 2.36. The van der Waals surface area contributed by atoms with E-state index in [0.29, 0.717) is 12.0 Å². The van der Waals surface area contributed by atoms with Crippen molar-refractivity contribution >= 4 is 5.91 Å². The van der Waals surface area contributed by atoms with Crippen LogP contribution in [-0.4, -0.2) is 17.6 Å². The molecule has 1 amide bonds. The fourth-order valence-corrected chi connectivity index (χ4v) is 3.24. The fourth-order valence-electron chi connectivity index (χ4n) is 3.24. The van der Waals surface area contributed by atoms with Crippen molar-refractivity contribution < 1.29 is 9.90 Å². The minimum Gasteiger partial charge on any atom is -0.383 e. The molecule has 2 aromatic rings. The number of aliphatic hydroxyl groups is 1. The maximum Gasteiger partial charge on any atom is 0.251 e. The van der Waals surface area contributed by atoms with Gasteiger partial charge >= 0.3 is 0 Å². The van der Waals surface area contributed by atoms with Crippen LogP contribution in [-0.2, 0) is 12.0 Å². The zero-order chi connectivity index (χ0) is 15.7. The molecule has 2 N–H and O–H groups in total. The summed E-state index contributed by atoms with van der Waals surface area (Å²) in [6.45, 7) is 4.19. The molecule has 1 atom stereocenters. The highest BCUT2D eigenvalue weighted by atomic mass is 16.3. The van der Waals surface area contributed by atoms with Crippen LogP contribution in [0.15, 0.2) is 42.5 Å². The van der Waals surface area contributed by atoms with Crippen molar-refractivity contribution in [2.24, 2.45) is 0 Å². The molecule has 0 bridgehead atoms. The Hall–Kier alpha value is -2.13. The predicted octanol–water partition coefficient (Wildman–Crippen LogP) is 2.87. The Bertz CT molecular complexity index is 723. The predicted molar refractivity (Wildman–Crippen MR) is 86.9 cm³/mol. The number of carbonyl (C=O) groups excluding carboxylic acids is 1. The summed E-state index contributed by atoms with van der Waals surface area (Å²) in [7, 11) is 0. The van der Waals surface area contributed by atoms with Crippen LogP contribution < -0.4 is 5.32 Å². The lowest BCUT2D eigenvalue weighted by molar-refractivity contribution is 0.0369. The van der Waals surface area contributed by atoms with E-state index in [2.05, 4.69) is 5.32 Å². The molecule has 114 valence electrons. The van der Waals surface area contributed by atoms with E-state index in [-0.39, 0.29) is 12.5 Å². The van der Waals surface area contributed by atoms with E-state index in [4.69, 9.17) is 0 Å². The number of hydrogen-bond acceptors (Lipinski definition) is 2. The third-order valence-electron chi connectivity index (χ3n) is 4.49. The average molecular weight is 295 g/mol. The first-order chi connectivity index (χ1) is 10.5. The van der Waals surface area contributed by atoms with Gasteiger partial charge in [0.05, 0.1) is 6.54 Å². The monoisotopic (exact) mass is 295 g/mol.